The number of benzene rings is 2. The van der Waals surface area contributed by atoms with Crippen molar-refractivity contribution < 1.29 is 13.9 Å². The zero-order valence-electron chi connectivity index (χ0n) is 15.8. The molecular formula is C20H18BrClN4O3S. The molecule has 3 aromatic rings. The molecule has 0 aliphatic carbocycles. The minimum Gasteiger partial charge on any atom is -0.411 e. The Hall–Kier alpha value is -2.07. The first-order chi connectivity index (χ1) is 14.6. The van der Waals surface area contributed by atoms with E-state index in [-0.39, 0.29) is 11.7 Å². The topological polar surface area (TPSA) is 80.5 Å². The molecule has 1 N–H and O–H groups in total. The summed E-state index contributed by atoms with van der Waals surface area (Å²) < 4.78 is 12.0. The summed E-state index contributed by atoms with van der Waals surface area (Å²) >= 11 is 11.0. The Morgan fingerprint density at radius 3 is 2.80 bits per heavy atom. The second-order valence-electron chi connectivity index (χ2n) is 6.46. The number of para-hydroxylation sites is 1. The summed E-state index contributed by atoms with van der Waals surface area (Å²) in [6.45, 7) is 2.71. The molecule has 10 heteroatoms. The highest BCUT2D eigenvalue weighted by molar-refractivity contribution is 9.10. The van der Waals surface area contributed by atoms with Gasteiger partial charge in [-0.1, -0.05) is 51.4 Å². The highest BCUT2D eigenvalue weighted by Crippen LogP contribution is 2.34. The molecule has 0 atom stereocenters. The van der Waals surface area contributed by atoms with Crippen LogP contribution in [0.1, 0.15) is 0 Å². The second kappa shape index (κ2) is 9.82. The average Bonchev–Trinajstić information content (AvgIpc) is 3.22. The summed E-state index contributed by atoms with van der Waals surface area (Å²) in [5.41, 5.74) is 2.30. The number of amides is 1. The lowest BCUT2D eigenvalue weighted by atomic mass is 10.2. The van der Waals surface area contributed by atoms with Gasteiger partial charge in [0.25, 0.3) is 5.22 Å². The number of nitrogens with one attached hydrogen (secondary N) is 1. The van der Waals surface area contributed by atoms with Gasteiger partial charge in [0.15, 0.2) is 0 Å². The number of hydrogen-bond donors (Lipinski definition) is 1. The lowest BCUT2D eigenvalue weighted by Crippen LogP contribution is -2.37. The maximum atomic E-state index is 12.5. The summed E-state index contributed by atoms with van der Waals surface area (Å²) in [5, 5.41) is 11.9. The van der Waals surface area contributed by atoms with E-state index < -0.39 is 0 Å². The largest absolute Gasteiger partial charge is 0.411 e. The molecule has 1 aliphatic heterocycles. The van der Waals surface area contributed by atoms with Gasteiger partial charge in [-0.15, -0.1) is 10.2 Å². The molecule has 0 unspecified atom stereocenters. The molecule has 30 heavy (non-hydrogen) atoms. The molecule has 1 amide bonds. The molecule has 7 nitrogen and oxygen atoms in total. The first-order valence-corrected chi connectivity index (χ1v) is 11.4. The Morgan fingerprint density at radius 1 is 1.20 bits per heavy atom. The number of morpholine rings is 1. The quantitative estimate of drug-likeness (QED) is 0.482. The number of ether oxygens (including phenoxy) is 1. The molecule has 4 rings (SSSR count). The van der Waals surface area contributed by atoms with Crippen molar-refractivity contribution in [1.29, 1.82) is 0 Å². The molecule has 2 aromatic carbocycles. The van der Waals surface area contributed by atoms with Crippen LogP contribution in [-0.2, 0) is 9.53 Å². The highest BCUT2D eigenvalue weighted by Gasteiger charge is 2.19. The van der Waals surface area contributed by atoms with E-state index in [1.165, 1.54) is 11.8 Å². The summed E-state index contributed by atoms with van der Waals surface area (Å²) in [4.78, 5) is 14.7. The molecule has 0 saturated carbocycles. The van der Waals surface area contributed by atoms with Crippen molar-refractivity contribution in [2.75, 3.05) is 42.3 Å². The smallest absolute Gasteiger partial charge is 0.277 e. The van der Waals surface area contributed by atoms with Gasteiger partial charge in [-0.3, -0.25) is 4.79 Å². The van der Waals surface area contributed by atoms with E-state index in [4.69, 9.17) is 20.8 Å². The van der Waals surface area contributed by atoms with Crippen molar-refractivity contribution >= 4 is 56.6 Å². The van der Waals surface area contributed by atoms with E-state index in [2.05, 4.69) is 36.3 Å². The Morgan fingerprint density at radius 2 is 2.00 bits per heavy atom. The average molecular weight is 510 g/mol. The fraction of sp³-hybridized carbons (Fsp3) is 0.250. The Balaban J connectivity index is 1.40. The zero-order chi connectivity index (χ0) is 20.9. The molecule has 1 aromatic heterocycles. The van der Waals surface area contributed by atoms with Gasteiger partial charge < -0.3 is 19.4 Å². The summed E-state index contributed by atoms with van der Waals surface area (Å²) in [7, 11) is 0. The van der Waals surface area contributed by atoms with Crippen LogP contribution < -0.4 is 10.2 Å². The van der Waals surface area contributed by atoms with E-state index in [0.29, 0.717) is 35.0 Å². The Labute approximate surface area is 191 Å². The number of aromatic nitrogens is 2. The summed E-state index contributed by atoms with van der Waals surface area (Å²) in [6, 6.07) is 13.1. The van der Waals surface area contributed by atoms with Gasteiger partial charge in [0.05, 0.1) is 35.4 Å². The maximum absolute atomic E-state index is 12.5. The molecule has 0 radical (unpaired) electrons. The number of carbonyl (C=O) groups excluding carboxylic acids is 1. The third kappa shape index (κ3) is 5.15. The normalized spacial score (nSPS) is 14.0. The summed E-state index contributed by atoms with van der Waals surface area (Å²) in [6.07, 6.45) is 0. The van der Waals surface area contributed by atoms with E-state index in [0.717, 1.165) is 28.8 Å². The van der Waals surface area contributed by atoms with Crippen molar-refractivity contribution in [3.8, 4) is 11.5 Å². The van der Waals surface area contributed by atoms with Crippen LogP contribution in [0, 0.1) is 0 Å². The predicted molar refractivity (Wildman–Crippen MR) is 121 cm³/mol. The number of hydrogen-bond acceptors (Lipinski definition) is 7. The number of rotatable bonds is 6. The summed E-state index contributed by atoms with van der Waals surface area (Å²) in [5.74, 6) is 0.359. The van der Waals surface area contributed by atoms with Crippen LogP contribution >= 0.6 is 39.3 Å². The molecule has 0 spiro atoms. The van der Waals surface area contributed by atoms with Crippen molar-refractivity contribution in [2.24, 2.45) is 0 Å². The first kappa shape index (κ1) is 21.2. The molecule has 0 bridgehead atoms. The molecule has 156 valence electrons. The number of anilines is 2. The predicted octanol–water partition coefficient (Wildman–Crippen LogP) is 4.72. The number of carbonyl (C=O) groups is 1. The van der Waals surface area contributed by atoms with Gasteiger partial charge in [-0.05, 0) is 30.3 Å². The third-order valence-electron chi connectivity index (χ3n) is 4.39. The number of halogens is 2. The lowest BCUT2D eigenvalue weighted by molar-refractivity contribution is -0.113. The molecule has 2 heterocycles. The van der Waals surface area contributed by atoms with E-state index >= 15 is 0 Å². The van der Waals surface area contributed by atoms with E-state index in [1.54, 1.807) is 0 Å². The monoisotopic (exact) mass is 508 g/mol. The Kier molecular flexibility index (Phi) is 6.93. The van der Waals surface area contributed by atoms with Crippen molar-refractivity contribution in [2.45, 2.75) is 5.22 Å². The lowest BCUT2D eigenvalue weighted by Gasteiger charge is -2.31. The molecule has 1 fully saturated rings. The van der Waals surface area contributed by atoms with Crippen LogP contribution in [0.15, 0.2) is 56.6 Å². The van der Waals surface area contributed by atoms with Gasteiger partial charge >= 0.3 is 0 Å². The van der Waals surface area contributed by atoms with Gasteiger partial charge in [-0.2, -0.15) is 0 Å². The van der Waals surface area contributed by atoms with Crippen molar-refractivity contribution in [1.82, 2.24) is 10.2 Å². The van der Waals surface area contributed by atoms with Crippen LogP contribution in [0.2, 0.25) is 5.02 Å². The zero-order valence-corrected chi connectivity index (χ0v) is 19.0. The SMILES string of the molecule is O=C(CSc1nnc(-c2cccc(Br)c2)o1)Nc1cccc(Cl)c1N1CCOCC1. The van der Waals surface area contributed by atoms with Crippen LogP contribution in [0.5, 0.6) is 0 Å². The Bertz CT molecular complexity index is 1040. The standard InChI is InChI=1S/C20H18BrClN4O3S/c21-14-4-1-3-13(11-14)19-24-25-20(29-19)30-12-17(27)23-16-6-2-5-15(22)18(16)26-7-9-28-10-8-26/h1-6,11H,7-10,12H2,(H,23,27). The van der Waals surface area contributed by atoms with Crippen LogP contribution in [0.3, 0.4) is 0 Å². The fourth-order valence-electron chi connectivity index (χ4n) is 3.04. The first-order valence-electron chi connectivity index (χ1n) is 9.23. The van der Waals surface area contributed by atoms with E-state index in [9.17, 15) is 4.79 Å². The van der Waals surface area contributed by atoms with E-state index in [1.807, 2.05) is 42.5 Å². The number of thioether (sulfide) groups is 1. The maximum Gasteiger partial charge on any atom is 0.277 e. The van der Waals surface area contributed by atoms with Gasteiger partial charge in [0.2, 0.25) is 11.8 Å². The second-order valence-corrected chi connectivity index (χ2v) is 8.71. The molecule has 1 aliphatic rings. The fourth-order valence-corrected chi connectivity index (χ4v) is 4.30. The van der Waals surface area contributed by atoms with Gasteiger partial charge in [0.1, 0.15) is 0 Å². The van der Waals surface area contributed by atoms with Gasteiger partial charge in [-0.25, -0.2) is 0 Å². The van der Waals surface area contributed by atoms with Crippen LogP contribution in [-0.4, -0.2) is 48.2 Å². The number of nitrogens with zero attached hydrogens (tertiary/aromatic N) is 3. The van der Waals surface area contributed by atoms with Crippen LogP contribution in [0.4, 0.5) is 11.4 Å². The minimum absolute atomic E-state index is 0.134. The van der Waals surface area contributed by atoms with Gasteiger partial charge in [0, 0.05) is 23.1 Å². The molecule has 1 saturated heterocycles. The van der Waals surface area contributed by atoms with Crippen molar-refractivity contribution in [3.63, 3.8) is 0 Å². The highest BCUT2D eigenvalue weighted by atomic mass is 79.9. The minimum atomic E-state index is -0.181. The molecular weight excluding hydrogens is 492 g/mol. The van der Waals surface area contributed by atoms with Crippen LogP contribution in [0.25, 0.3) is 11.5 Å². The third-order valence-corrected chi connectivity index (χ3v) is 6.01. The van der Waals surface area contributed by atoms with Crippen molar-refractivity contribution in [3.05, 3.63) is 52.0 Å².